The number of esters is 4. The molecule has 0 bridgehead atoms. The number of pyridine rings is 1. The standard InChI is InChI=1S/C64H104N10O18S2/c1-43-37-47(38-44(2)56(43)94(86,87)71-48(59(81)91-63(9,10)11)39-68-52(76)21-16-15-20-46-24-23-45-19-17-27-66-57(45)69-46)88-36-18-22-51(75)65-28-29-67-58(80)49(42-93(83,84)85)70-53(77)26-25-50(60(82)92-64(12,13)14)74-34-32-72(40-54(78)89-61(3,4)5)30-31-73(33-35-74)41-55(79)90-62(6,7)8/h23-24,37-38,48-50,71H,15-22,25-36,39-42H2,1-14H3,(H,65,75)(H,66,69)(H,67,80)(H,68,76)(H,70,77)(H,83,84,85)/t48-,49-,50+/m0/s1. The van der Waals surface area contributed by atoms with E-state index < -0.39 is 114 Å². The van der Waals surface area contributed by atoms with E-state index in [0.29, 0.717) is 38.1 Å². The van der Waals surface area contributed by atoms with E-state index in [1.807, 2.05) is 15.9 Å². The molecule has 1 aromatic carbocycles. The lowest BCUT2D eigenvalue weighted by molar-refractivity contribution is -0.163. The van der Waals surface area contributed by atoms with Gasteiger partial charge in [-0.1, -0.05) is 6.07 Å². The molecule has 0 spiro atoms. The number of nitrogens with zero attached hydrogens (tertiary/aromatic N) is 4. The number of benzene rings is 1. The van der Waals surface area contributed by atoms with E-state index in [2.05, 4.69) is 37.4 Å². The molecule has 0 aliphatic carbocycles. The highest BCUT2D eigenvalue weighted by Gasteiger charge is 2.36. The third-order valence-electron chi connectivity index (χ3n) is 14.3. The molecule has 0 unspecified atom stereocenters. The van der Waals surface area contributed by atoms with Gasteiger partial charge in [-0.3, -0.25) is 57.6 Å². The first-order chi connectivity index (χ1) is 43.5. The second-order valence-electron chi connectivity index (χ2n) is 27.8. The van der Waals surface area contributed by atoms with Crippen molar-refractivity contribution in [2.75, 3.05) is 96.2 Å². The maximum absolute atomic E-state index is 14.0. The first kappa shape index (κ1) is 79.9. The molecule has 7 N–H and O–H groups in total. The molecule has 94 heavy (non-hydrogen) atoms. The lowest BCUT2D eigenvalue weighted by Gasteiger charge is -2.34. The maximum Gasteiger partial charge on any atom is 0.326 e. The van der Waals surface area contributed by atoms with E-state index in [0.717, 1.165) is 30.9 Å². The third-order valence-corrected chi connectivity index (χ3v) is 16.8. The summed E-state index contributed by atoms with van der Waals surface area (Å²) < 4.78 is 92.9. The Balaban J connectivity index is 1.30. The molecule has 4 amide bonds. The number of aromatic nitrogens is 1. The van der Waals surface area contributed by atoms with E-state index in [1.165, 1.54) is 17.7 Å². The summed E-state index contributed by atoms with van der Waals surface area (Å²) in [6, 6.07) is 2.74. The molecule has 2 aromatic rings. The van der Waals surface area contributed by atoms with Gasteiger partial charge in [-0.25, -0.2) is 13.4 Å². The Hall–Kier alpha value is -6.57. The number of carbonyl (C=O) groups is 8. The topological polar surface area (TPSA) is 366 Å². The van der Waals surface area contributed by atoms with Crippen LogP contribution in [-0.2, 0) is 90.3 Å². The maximum atomic E-state index is 14.0. The Bertz CT molecular complexity index is 3090. The van der Waals surface area contributed by atoms with Gasteiger partial charge in [0.1, 0.15) is 57.8 Å². The van der Waals surface area contributed by atoms with Crippen LogP contribution in [0, 0.1) is 13.8 Å². The molecular weight excluding hydrogens is 1260 g/mol. The lowest BCUT2D eigenvalue weighted by Crippen LogP contribution is -2.52. The smallest absolute Gasteiger partial charge is 0.326 e. The summed E-state index contributed by atoms with van der Waals surface area (Å²) in [7, 11) is -9.24. The van der Waals surface area contributed by atoms with Crippen molar-refractivity contribution in [2.24, 2.45) is 0 Å². The number of aryl methyl sites for hydroxylation is 4. The molecule has 530 valence electrons. The molecule has 3 heterocycles. The fraction of sp³-hybridized carbons (Fsp3) is 0.703. The molecule has 2 aliphatic heterocycles. The number of fused-ring (bicyclic) bond motifs is 1. The summed E-state index contributed by atoms with van der Waals surface area (Å²) in [6.07, 6.45) is 3.68. The van der Waals surface area contributed by atoms with E-state index >= 15 is 0 Å². The Morgan fingerprint density at radius 3 is 1.73 bits per heavy atom. The van der Waals surface area contributed by atoms with Crippen molar-refractivity contribution in [3.63, 3.8) is 0 Å². The number of carbonyl (C=O) groups excluding carboxylic acids is 8. The van der Waals surface area contributed by atoms with Gasteiger partial charge in [0.05, 0.1) is 24.6 Å². The zero-order valence-electron chi connectivity index (χ0n) is 57.5. The number of anilines is 1. The van der Waals surface area contributed by atoms with Crippen LogP contribution in [0.15, 0.2) is 29.2 Å². The van der Waals surface area contributed by atoms with Crippen LogP contribution >= 0.6 is 0 Å². The number of rotatable bonds is 32. The van der Waals surface area contributed by atoms with Crippen LogP contribution < -0.4 is 36.0 Å². The Labute approximate surface area is 555 Å². The second-order valence-corrected chi connectivity index (χ2v) is 30.9. The number of unbranched alkanes of at least 4 members (excludes halogenated alkanes) is 1. The van der Waals surface area contributed by atoms with Gasteiger partial charge in [0.2, 0.25) is 33.7 Å². The van der Waals surface area contributed by atoms with Crippen LogP contribution in [0.25, 0.3) is 0 Å². The summed E-state index contributed by atoms with van der Waals surface area (Å²) in [5.41, 5.74) is -0.732. The van der Waals surface area contributed by atoms with Crippen molar-refractivity contribution in [3.8, 4) is 5.75 Å². The summed E-state index contributed by atoms with van der Waals surface area (Å²) in [6.45, 7) is 25.3. The molecule has 0 radical (unpaired) electrons. The lowest BCUT2D eigenvalue weighted by atomic mass is 10.1. The van der Waals surface area contributed by atoms with Gasteiger partial charge in [-0.2, -0.15) is 13.1 Å². The Morgan fingerprint density at radius 2 is 1.17 bits per heavy atom. The van der Waals surface area contributed by atoms with E-state index in [-0.39, 0.29) is 113 Å². The van der Waals surface area contributed by atoms with Crippen LogP contribution in [0.3, 0.4) is 0 Å². The van der Waals surface area contributed by atoms with Gasteiger partial charge in [0, 0.05) is 90.4 Å². The molecule has 1 saturated heterocycles. The summed E-state index contributed by atoms with van der Waals surface area (Å²) in [5.74, 6) is -5.12. The zero-order chi connectivity index (χ0) is 70.4. The number of hydrogen-bond acceptors (Lipinski definition) is 22. The van der Waals surface area contributed by atoms with Crippen molar-refractivity contribution >= 4 is 73.5 Å². The van der Waals surface area contributed by atoms with Gasteiger partial charge in [-0.15, -0.1) is 0 Å². The Kier molecular flexibility index (Phi) is 30.6. The van der Waals surface area contributed by atoms with Gasteiger partial charge in [0.25, 0.3) is 10.1 Å². The van der Waals surface area contributed by atoms with Gasteiger partial charge < -0.3 is 50.3 Å². The van der Waals surface area contributed by atoms with E-state index in [9.17, 15) is 59.7 Å². The molecule has 1 fully saturated rings. The molecule has 3 atom stereocenters. The van der Waals surface area contributed by atoms with Gasteiger partial charge >= 0.3 is 23.9 Å². The van der Waals surface area contributed by atoms with Crippen molar-refractivity contribution < 1.29 is 83.4 Å². The van der Waals surface area contributed by atoms with Crippen LogP contribution in [0.5, 0.6) is 5.75 Å². The highest BCUT2D eigenvalue weighted by molar-refractivity contribution is 7.89. The van der Waals surface area contributed by atoms with Crippen LogP contribution in [0.1, 0.15) is 157 Å². The minimum absolute atomic E-state index is 0.0344. The SMILES string of the molecule is Cc1cc(OCCCC(=O)NCCNC(=O)[C@H](CS(=O)(=O)O)NC(=O)CC[C@H](C(=O)OC(C)(C)C)N2CCN(CC(=O)OC(C)(C)C)CCN(CC(=O)OC(C)(C)C)CC2)cc(C)c1S(=O)(=O)N[C@@H](CNC(=O)CCCCc1ccc2c(n1)NCCC2)C(=O)OC(C)(C)C. The van der Waals surface area contributed by atoms with Crippen LogP contribution in [0.2, 0.25) is 0 Å². The first-order valence-corrected chi connectivity index (χ1v) is 35.3. The monoisotopic (exact) mass is 1360 g/mol. The highest BCUT2D eigenvalue weighted by atomic mass is 32.2. The van der Waals surface area contributed by atoms with E-state index in [1.54, 1.807) is 102 Å². The van der Waals surface area contributed by atoms with Crippen LogP contribution in [-0.4, -0.2) is 220 Å². The summed E-state index contributed by atoms with van der Waals surface area (Å²) in [4.78, 5) is 116. The second kappa shape index (κ2) is 36.0. The Morgan fingerprint density at radius 1 is 0.638 bits per heavy atom. The number of nitrogens with one attached hydrogen (secondary N) is 6. The normalized spacial score (nSPS) is 15.8. The molecule has 0 saturated carbocycles. The summed E-state index contributed by atoms with van der Waals surface area (Å²) in [5, 5.41) is 13.5. The number of sulfonamides is 1. The van der Waals surface area contributed by atoms with Crippen molar-refractivity contribution in [3.05, 3.63) is 46.6 Å². The molecule has 2 aliphatic rings. The highest BCUT2D eigenvalue weighted by Crippen LogP contribution is 2.27. The third kappa shape index (κ3) is 31.3. The van der Waals surface area contributed by atoms with Crippen molar-refractivity contribution in [2.45, 2.75) is 207 Å². The largest absolute Gasteiger partial charge is 0.494 e. The van der Waals surface area contributed by atoms with Crippen molar-refractivity contribution in [1.82, 2.24) is 45.7 Å². The van der Waals surface area contributed by atoms with Crippen molar-refractivity contribution in [1.29, 1.82) is 0 Å². The molecule has 28 nitrogen and oxygen atoms in total. The predicted octanol–water partition coefficient (Wildman–Crippen LogP) is 3.43. The predicted molar refractivity (Wildman–Crippen MR) is 352 cm³/mol. The fourth-order valence-corrected chi connectivity index (χ4v) is 12.6. The summed E-state index contributed by atoms with van der Waals surface area (Å²) >= 11 is 0. The van der Waals surface area contributed by atoms with Gasteiger partial charge in [-0.05, 0) is 177 Å². The first-order valence-electron chi connectivity index (χ1n) is 32.2. The van der Waals surface area contributed by atoms with Crippen LogP contribution in [0.4, 0.5) is 5.82 Å². The quantitative estimate of drug-likeness (QED) is 0.0239. The fourth-order valence-electron chi connectivity index (χ4n) is 10.3. The average molecular weight is 1370 g/mol. The molecule has 30 heteroatoms. The molecular formula is C64H104N10O18S2. The van der Waals surface area contributed by atoms with E-state index in [4.69, 9.17) is 28.7 Å². The zero-order valence-corrected chi connectivity index (χ0v) is 59.1. The number of hydrogen-bond donors (Lipinski definition) is 7. The number of amides is 4. The minimum Gasteiger partial charge on any atom is -0.494 e. The average Bonchev–Trinajstić information content (AvgIpc) is 0.840. The molecule has 4 rings (SSSR count). The molecule has 1 aromatic heterocycles. The van der Waals surface area contributed by atoms with Gasteiger partial charge in [0.15, 0.2) is 0 Å². The number of ether oxygens (including phenoxy) is 5. The minimum atomic E-state index is -4.85.